The second-order valence-corrected chi connectivity index (χ2v) is 4.56. The van der Waals surface area contributed by atoms with Gasteiger partial charge in [0.1, 0.15) is 6.61 Å². The van der Waals surface area contributed by atoms with Gasteiger partial charge in [-0.05, 0) is 29.3 Å². The normalized spacial score (nSPS) is 9.90. The average Bonchev–Trinajstić information content (AvgIpc) is 2.52. The van der Waals surface area contributed by atoms with Crippen molar-refractivity contribution in [2.45, 2.75) is 12.5 Å². The molecule has 0 aliphatic heterocycles. The van der Waals surface area contributed by atoms with Gasteiger partial charge in [-0.2, -0.15) is 5.26 Å². The third-order valence-corrected chi connectivity index (χ3v) is 3.16. The summed E-state index contributed by atoms with van der Waals surface area (Å²) in [6, 6.07) is 13.4. The van der Waals surface area contributed by atoms with Crippen LogP contribution in [0.1, 0.15) is 16.7 Å². The summed E-state index contributed by atoms with van der Waals surface area (Å²) >= 11 is 5.73. The molecule has 21 heavy (non-hydrogen) atoms. The van der Waals surface area contributed by atoms with Crippen molar-refractivity contribution in [2.24, 2.45) is 0 Å². The minimum atomic E-state index is -0.494. The molecule has 6 heteroatoms. The summed E-state index contributed by atoms with van der Waals surface area (Å²) in [4.78, 5) is 10.5. The highest BCUT2D eigenvalue weighted by atomic mass is 35.5. The lowest BCUT2D eigenvalue weighted by atomic mass is 10.1. The summed E-state index contributed by atoms with van der Waals surface area (Å²) in [5.74, 6) is 0.438. The number of alkyl halides is 1. The van der Waals surface area contributed by atoms with E-state index in [0.29, 0.717) is 5.56 Å². The van der Waals surface area contributed by atoms with E-state index >= 15 is 0 Å². The summed E-state index contributed by atoms with van der Waals surface area (Å²) in [5, 5.41) is 19.7. The predicted molar refractivity (Wildman–Crippen MR) is 78.1 cm³/mol. The lowest BCUT2D eigenvalue weighted by Crippen LogP contribution is -2.00. The molecule has 0 atom stereocenters. The van der Waals surface area contributed by atoms with Gasteiger partial charge in [-0.25, -0.2) is 0 Å². The number of hydrogen-bond acceptors (Lipinski definition) is 4. The van der Waals surface area contributed by atoms with E-state index in [0.717, 1.165) is 11.1 Å². The van der Waals surface area contributed by atoms with Gasteiger partial charge in [0, 0.05) is 11.9 Å². The van der Waals surface area contributed by atoms with E-state index in [1.54, 1.807) is 36.4 Å². The van der Waals surface area contributed by atoms with Crippen LogP contribution in [0.5, 0.6) is 5.75 Å². The van der Waals surface area contributed by atoms with Crippen molar-refractivity contribution in [3.05, 3.63) is 69.3 Å². The predicted octanol–water partition coefficient (Wildman–Crippen LogP) is 3.78. The molecule has 2 aromatic rings. The second-order valence-electron chi connectivity index (χ2n) is 4.29. The molecule has 0 saturated carbocycles. The number of benzene rings is 2. The standard InChI is InChI=1S/C15H11ClN2O3/c16-8-13-5-6-14(18(19)20)15(7-13)21-10-12-3-1-11(9-17)2-4-12/h1-7H,8,10H2. The first-order chi connectivity index (χ1) is 10.1. The Kier molecular flexibility index (Phi) is 4.75. The highest BCUT2D eigenvalue weighted by molar-refractivity contribution is 6.17. The van der Waals surface area contributed by atoms with E-state index in [-0.39, 0.29) is 23.9 Å². The lowest BCUT2D eigenvalue weighted by Gasteiger charge is -2.08. The Labute approximate surface area is 126 Å². The van der Waals surface area contributed by atoms with Crippen LogP contribution in [0.15, 0.2) is 42.5 Å². The molecule has 2 aromatic carbocycles. The monoisotopic (exact) mass is 302 g/mol. The summed E-state index contributed by atoms with van der Waals surface area (Å²) in [6.45, 7) is 0.179. The SMILES string of the molecule is N#Cc1ccc(COc2cc(CCl)ccc2[N+](=O)[O-])cc1. The second kappa shape index (κ2) is 6.73. The fraction of sp³-hybridized carbons (Fsp3) is 0.133. The van der Waals surface area contributed by atoms with Crippen LogP contribution >= 0.6 is 11.6 Å². The van der Waals surface area contributed by atoms with Gasteiger partial charge in [0.2, 0.25) is 0 Å². The van der Waals surface area contributed by atoms with Gasteiger partial charge >= 0.3 is 5.69 Å². The molecule has 0 radical (unpaired) electrons. The molecule has 0 bridgehead atoms. The first-order valence-corrected chi connectivity index (χ1v) is 6.62. The molecule has 0 fully saturated rings. The van der Waals surface area contributed by atoms with Crippen LogP contribution in [0.3, 0.4) is 0 Å². The van der Waals surface area contributed by atoms with Crippen LogP contribution in [-0.2, 0) is 12.5 Å². The van der Waals surface area contributed by atoms with Crippen molar-refractivity contribution in [3.63, 3.8) is 0 Å². The quantitative estimate of drug-likeness (QED) is 0.478. The molecular formula is C15H11ClN2O3. The van der Waals surface area contributed by atoms with Gasteiger partial charge in [0.05, 0.1) is 16.6 Å². The minimum absolute atomic E-state index is 0.0995. The number of rotatable bonds is 5. The summed E-state index contributed by atoms with van der Waals surface area (Å²) in [5.41, 5.74) is 2.02. The number of nitrogens with zero attached hydrogens (tertiary/aromatic N) is 2. The largest absolute Gasteiger partial charge is 0.482 e. The Hall–Kier alpha value is -2.58. The van der Waals surface area contributed by atoms with E-state index in [4.69, 9.17) is 21.6 Å². The van der Waals surface area contributed by atoms with Gasteiger partial charge in [0.25, 0.3) is 0 Å². The molecular weight excluding hydrogens is 292 g/mol. The number of nitro groups is 1. The average molecular weight is 303 g/mol. The number of hydrogen-bond donors (Lipinski definition) is 0. The van der Waals surface area contributed by atoms with Crippen LogP contribution < -0.4 is 4.74 Å². The molecule has 106 valence electrons. The highest BCUT2D eigenvalue weighted by Crippen LogP contribution is 2.29. The van der Waals surface area contributed by atoms with Crippen LogP contribution in [0, 0.1) is 21.4 Å². The highest BCUT2D eigenvalue weighted by Gasteiger charge is 2.15. The van der Waals surface area contributed by atoms with E-state index in [1.807, 2.05) is 6.07 Å². The van der Waals surface area contributed by atoms with Crippen molar-refractivity contribution in [3.8, 4) is 11.8 Å². The Morgan fingerprint density at radius 1 is 1.19 bits per heavy atom. The summed E-state index contributed by atoms with van der Waals surface area (Å²) in [7, 11) is 0. The summed E-state index contributed by atoms with van der Waals surface area (Å²) in [6.07, 6.45) is 0. The van der Waals surface area contributed by atoms with Gasteiger partial charge in [-0.15, -0.1) is 11.6 Å². The van der Waals surface area contributed by atoms with E-state index < -0.39 is 4.92 Å². The van der Waals surface area contributed by atoms with E-state index in [2.05, 4.69) is 0 Å². The van der Waals surface area contributed by atoms with E-state index in [9.17, 15) is 10.1 Å². The molecule has 0 aliphatic carbocycles. The Morgan fingerprint density at radius 2 is 1.86 bits per heavy atom. The fourth-order valence-corrected chi connectivity index (χ4v) is 1.91. The zero-order chi connectivity index (χ0) is 15.2. The molecule has 0 saturated heterocycles. The molecule has 0 aliphatic rings. The molecule has 0 spiro atoms. The van der Waals surface area contributed by atoms with E-state index in [1.165, 1.54) is 6.07 Å². The maximum absolute atomic E-state index is 11.0. The van der Waals surface area contributed by atoms with Gasteiger partial charge in [0.15, 0.2) is 5.75 Å². The van der Waals surface area contributed by atoms with Crippen molar-refractivity contribution in [2.75, 3.05) is 0 Å². The molecule has 0 heterocycles. The minimum Gasteiger partial charge on any atom is -0.482 e. The van der Waals surface area contributed by atoms with Gasteiger partial charge in [-0.3, -0.25) is 10.1 Å². The van der Waals surface area contributed by atoms with Gasteiger partial charge < -0.3 is 4.74 Å². The van der Waals surface area contributed by atoms with Crippen molar-refractivity contribution < 1.29 is 9.66 Å². The number of halogens is 1. The molecule has 2 rings (SSSR count). The van der Waals surface area contributed by atoms with Gasteiger partial charge in [-0.1, -0.05) is 18.2 Å². The van der Waals surface area contributed by atoms with Crippen LogP contribution in [0.25, 0.3) is 0 Å². The Bertz CT molecular complexity index is 693. The summed E-state index contributed by atoms with van der Waals surface area (Å²) < 4.78 is 5.52. The van der Waals surface area contributed by atoms with Crippen LogP contribution in [0.4, 0.5) is 5.69 Å². The maximum Gasteiger partial charge on any atom is 0.310 e. The number of nitro benzene ring substituents is 1. The molecule has 0 aromatic heterocycles. The van der Waals surface area contributed by atoms with Crippen molar-refractivity contribution >= 4 is 17.3 Å². The fourth-order valence-electron chi connectivity index (χ4n) is 1.74. The Morgan fingerprint density at radius 3 is 2.43 bits per heavy atom. The topological polar surface area (TPSA) is 76.2 Å². The Balaban J connectivity index is 2.17. The lowest BCUT2D eigenvalue weighted by molar-refractivity contribution is -0.386. The first-order valence-electron chi connectivity index (χ1n) is 6.09. The molecule has 0 N–H and O–H groups in total. The smallest absolute Gasteiger partial charge is 0.310 e. The zero-order valence-electron chi connectivity index (χ0n) is 11.0. The zero-order valence-corrected chi connectivity index (χ0v) is 11.7. The first kappa shape index (κ1) is 14.8. The molecule has 0 amide bonds. The van der Waals surface area contributed by atoms with Crippen LogP contribution in [-0.4, -0.2) is 4.92 Å². The van der Waals surface area contributed by atoms with Crippen molar-refractivity contribution in [1.82, 2.24) is 0 Å². The molecule has 0 unspecified atom stereocenters. The number of ether oxygens (including phenoxy) is 1. The third kappa shape index (κ3) is 3.71. The molecule has 5 nitrogen and oxygen atoms in total. The van der Waals surface area contributed by atoms with Crippen LogP contribution in [0.2, 0.25) is 0 Å². The third-order valence-electron chi connectivity index (χ3n) is 2.85. The number of nitriles is 1. The maximum atomic E-state index is 11.0. The van der Waals surface area contributed by atoms with Crippen molar-refractivity contribution in [1.29, 1.82) is 5.26 Å².